The highest BCUT2D eigenvalue weighted by Gasteiger charge is 2.22. The summed E-state index contributed by atoms with van der Waals surface area (Å²) in [6, 6.07) is 10.8. The van der Waals surface area contributed by atoms with Gasteiger partial charge in [-0.2, -0.15) is 4.31 Å². The first-order valence-electron chi connectivity index (χ1n) is 9.58. The van der Waals surface area contributed by atoms with E-state index in [0.717, 1.165) is 5.56 Å². The monoisotopic (exact) mass is 434 g/mol. The number of hydrogen-bond donors (Lipinski definition) is 2. The number of hydrogen-bond acceptors (Lipinski definition) is 6. The molecule has 162 valence electrons. The summed E-state index contributed by atoms with van der Waals surface area (Å²) < 4.78 is 26.8. The van der Waals surface area contributed by atoms with Crippen molar-refractivity contribution >= 4 is 33.0 Å². The van der Waals surface area contributed by atoms with E-state index in [0.29, 0.717) is 24.5 Å². The standard InChI is InChI=1S/C20H26N4O5S/c1-4-23(5-2)30(28,29)16-11-10-15(3)18(14-16)22-20(25)12-13-21-17-8-6-7-9-19(17)24(26)27/h6-11,14,21H,4-5,12-13H2,1-3H3,(H,22,25). The van der Waals surface area contributed by atoms with Crippen molar-refractivity contribution in [3.05, 3.63) is 58.1 Å². The highest BCUT2D eigenvalue weighted by Crippen LogP contribution is 2.24. The number of carbonyl (C=O) groups excluding carboxylic acids is 1. The van der Waals surface area contributed by atoms with Gasteiger partial charge in [-0.15, -0.1) is 0 Å². The maximum absolute atomic E-state index is 12.7. The molecule has 30 heavy (non-hydrogen) atoms. The highest BCUT2D eigenvalue weighted by molar-refractivity contribution is 7.89. The third-order valence-electron chi connectivity index (χ3n) is 4.59. The van der Waals surface area contributed by atoms with Gasteiger partial charge in [0.2, 0.25) is 15.9 Å². The van der Waals surface area contributed by atoms with Gasteiger partial charge in [0, 0.05) is 37.8 Å². The van der Waals surface area contributed by atoms with E-state index in [-0.39, 0.29) is 29.5 Å². The number of anilines is 2. The number of benzene rings is 2. The second-order valence-electron chi connectivity index (χ2n) is 6.57. The number of amides is 1. The molecule has 2 aromatic carbocycles. The van der Waals surface area contributed by atoms with Crippen LogP contribution in [0.25, 0.3) is 0 Å². The SMILES string of the molecule is CCN(CC)S(=O)(=O)c1ccc(C)c(NC(=O)CCNc2ccccc2[N+](=O)[O-])c1. The molecule has 2 N–H and O–H groups in total. The van der Waals surface area contributed by atoms with Crippen LogP contribution < -0.4 is 10.6 Å². The Morgan fingerprint density at radius 1 is 1.10 bits per heavy atom. The zero-order valence-corrected chi connectivity index (χ0v) is 18.0. The van der Waals surface area contributed by atoms with Crippen molar-refractivity contribution in [3.63, 3.8) is 0 Å². The van der Waals surface area contributed by atoms with Gasteiger partial charge < -0.3 is 10.6 Å². The molecule has 10 heteroatoms. The number of nitro groups is 1. The zero-order valence-electron chi connectivity index (χ0n) is 17.2. The van der Waals surface area contributed by atoms with Gasteiger partial charge in [-0.3, -0.25) is 14.9 Å². The van der Waals surface area contributed by atoms with Crippen molar-refractivity contribution < 1.29 is 18.1 Å². The third-order valence-corrected chi connectivity index (χ3v) is 6.64. The maximum Gasteiger partial charge on any atom is 0.292 e. The zero-order chi connectivity index (χ0) is 22.3. The minimum Gasteiger partial charge on any atom is -0.379 e. The topological polar surface area (TPSA) is 122 Å². The van der Waals surface area contributed by atoms with Crippen LogP contribution in [0.15, 0.2) is 47.4 Å². The van der Waals surface area contributed by atoms with Crippen LogP contribution in [0, 0.1) is 17.0 Å². The molecule has 0 aromatic heterocycles. The fourth-order valence-corrected chi connectivity index (χ4v) is 4.40. The Balaban J connectivity index is 2.06. The van der Waals surface area contributed by atoms with Crippen LogP contribution in [-0.2, 0) is 14.8 Å². The largest absolute Gasteiger partial charge is 0.379 e. The summed E-state index contributed by atoms with van der Waals surface area (Å²) in [6.07, 6.45) is 0.0541. The quantitative estimate of drug-likeness (QED) is 0.437. The van der Waals surface area contributed by atoms with Crippen molar-refractivity contribution in [3.8, 4) is 0 Å². The minimum absolute atomic E-state index is 0.0541. The summed E-state index contributed by atoms with van der Waals surface area (Å²) in [7, 11) is -3.64. The van der Waals surface area contributed by atoms with E-state index >= 15 is 0 Å². The van der Waals surface area contributed by atoms with Crippen molar-refractivity contribution in [2.24, 2.45) is 0 Å². The van der Waals surface area contributed by atoms with Crippen molar-refractivity contribution in [2.45, 2.75) is 32.1 Å². The van der Waals surface area contributed by atoms with E-state index in [1.165, 1.54) is 22.5 Å². The maximum atomic E-state index is 12.7. The molecule has 0 atom stereocenters. The Kier molecular flexibility index (Phi) is 7.90. The molecule has 0 unspecified atom stereocenters. The molecule has 0 heterocycles. The summed E-state index contributed by atoms with van der Waals surface area (Å²) >= 11 is 0. The number of sulfonamides is 1. The first kappa shape index (κ1) is 23.3. The van der Waals surface area contributed by atoms with Crippen LogP contribution in [0.4, 0.5) is 17.1 Å². The van der Waals surface area contributed by atoms with Gasteiger partial charge in [0.05, 0.1) is 9.82 Å². The van der Waals surface area contributed by atoms with Gasteiger partial charge in [0.15, 0.2) is 0 Å². The molecule has 0 bridgehead atoms. The Hall–Kier alpha value is -2.98. The minimum atomic E-state index is -3.64. The number of nitrogens with one attached hydrogen (secondary N) is 2. The van der Waals surface area contributed by atoms with Crippen LogP contribution in [0.3, 0.4) is 0 Å². The predicted molar refractivity (Wildman–Crippen MR) is 116 cm³/mol. The van der Waals surface area contributed by atoms with Crippen molar-refractivity contribution in [2.75, 3.05) is 30.3 Å². The predicted octanol–water partition coefficient (Wildman–Crippen LogP) is 3.37. The first-order chi connectivity index (χ1) is 14.2. The lowest BCUT2D eigenvalue weighted by Crippen LogP contribution is -2.30. The van der Waals surface area contributed by atoms with E-state index < -0.39 is 14.9 Å². The lowest BCUT2D eigenvalue weighted by atomic mass is 10.2. The van der Waals surface area contributed by atoms with Gasteiger partial charge in [0.25, 0.3) is 5.69 Å². The summed E-state index contributed by atoms with van der Waals surface area (Å²) in [4.78, 5) is 23.0. The molecule has 2 aromatic rings. The number of nitro benzene ring substituents is 1. The van der Waals surface area contributed by atoms with Crippen LogP contribution in [-0.4, -0.2) is 43.2 Å². The van der Waals surface area contributed by atoms with E-state index in [1.807, 2.05) is 0 Å². The van der Waals surface area contributed by atoms with Crippen LogP contribution in [0.1, 0.15) is 25.8 Å². The summed E-state index contributed by atoms with van der Waals surface area (Å²) in [6.45, 7) is 6.20. The first-order valence-corrected chi connectivity index (χ1v) is 11.0. The molecule has 0 radical (unpaired) electrons. The van der Waals surface area contributed by atoms with Crippen molar-refractivity contribution in [1.82, 2.24) is 4.31 Å². The summed E-state index contributed by atoms with van der Waals surface area (Å²) in [5, 5.41) is 16.6. The highest BCUT2D eigenvalue weighted by atomic mass is 32.2. The van der Waals surface area contributed by atoms with Crippen molar-refractivity contribution in [1.29, 1.82) is 0 Å². The molecule has 0 spiro atoms. The lowest BCUT2D eigenvalue weighted by Gasteiger charge is -2.19. The molecule has 9 nitrogen and oxygen atoms in total. The molecule has 0 aliphatic carbocycles. The Morgan fingerprint density at radius 2 is 1.77 bits per heavy atom. The number of nitrogens with zero attached hydrogens (tertiary/aromatic N) is 2. The van der Waals surface area contributed by atoms with E-state index in [9.17, 15) is 23.3 Å². The molecular weight excluding hydrogens is 408 g/mol. The summed E-state index contributed by atoms with van der Waals surface area (Å²) in [5.41, 5.74) is 1.41. The molecule has 1 amide bonds. The second-order valence-corrected chi connectivity index (χ2v) is 8.50. The molecule has 0 saturated carbocycles. The second kappa shape index (κ2) is 10.2. The van der Waals surface area contributed by atoms with Gasteiger partial charge in [-0.1, -0.05) is 32.0 Å². The molecule has 0 aliphatic rings. The Morgan fingerprint density at radius 3 is 2.40 bits per heavy atom. The van der Waals surface area contributed by atoms with Crippen LogP contribution >= 0.6 is 0 Å². The average Bonchev–Trinajstić information content (AvgIpc) is 2.70. The number of aryl methyl sites for hydroxylation is 1. The molecule has 2 rings (SSSR count). The smallest absolute Gasteiger partial charge is 0.292 e. The summed E-state index contributed by atoms with van der Waals surface area (Å²) in [5.74, 6) is -0.332. The van der Waals surface area contributed by atoms with Gasteiger partial charge in [0.1, 0.15) is 5.69 Å². The van der Waals surface area contributed by atoms with Gasteiger partial charge in [-0.25, -0.2) is 8.42 Å². The lowest BCUT2D eigenvalue weighted by molar-refractivity contribution is -0.384. The molecule has 0 fully saturated rings. The van der Waals surface area contributed by atoms with E-state index in [4.69, 9.17) is 0 Å². The average molecular weight is 435 g/mol. The van der Waals surface area contributed by atoms with E-state index in [1.54, 1.807) is 45.0 Å². The van der Waals surface area contributed by atoms with Crippen LogP contribution in [0.5, 0.6) is 0 Å². The van der Waals surface area contributed by atoms with E-state index in [2.05, 4.69) is 10.6 Å². The van der Waals surface area contributed by atoms with Crippen LogP contribution in [0.2, 0.25) is 0 Å². The fourth-order valence-electron chi connectivity index (χ4n) is 2.91. The van der Waals surface area contributed by atoms with Gasteiger partial charge >= 0.3 is 0 Å². The Labute approximate surface area is 176 Å². The molecule has 0 aliphatic heterocycles. The molecular formula is C20H26N4O5S. The Bertz CT molecular complexity index is 1020. The fraction of sp³-hybridized carbons (Fsp3) is 0.350. The number of rotatable bonds is 10. The molecule has 0 saturated heterocycles. The normalized spacial score (nSPS) is 11.3. The number of para-hydroxylation sites is 2. The third kappa shape index (κ3) is 5.55. The number of carbonyl (C=O) groups is 1. The van der Waals surface area contributed by atoms with Gasteiger partial charge in [-0.05, 0) is 30.7 Å².